The van der Waals surface area contributed by atoms with Crippen molar-refractivity contribution in [2.24, 2.45) is 5.73 Å². The average molecular weight is 250 g/mol. The average Bonchev–Trinajstić information content (AvgIpc) is 2.61. The van der Waals surface area contributed by atoms with Crippen molar-refractivity contribution in [3.63, 3.8) is 0 Å². The lowest BCUT2D eigenvalue weighted by Gasteiger charge is -2.06. The minimum Gasteiger partial charge on any atom is -0.389 e. The quantitative estimate of drug-likeness (QED) is 0.771. The van der Waals surface area contributed by atoms with Crippen LogP contribution in [-0.2, 0) is 16.4 Å². The number of rotatable bonds is 5. The van der Waals surface area contributed by atoms with Gasteiger partial charge in [-0.25, -0.2) is 13.4 Å². The molecule has 0 aliphatic carbocycles. The summed E-state index contributed by atoms with van der Waals surface area (Å²) in [5.41, 5.74) is 6.41. The van der Waals surface area contributed by atoms with E-state index >= 15 is 0 Å². The van der Waals surface area contributed by atoms with Gasteiger partial charge >= 0.3 is 0 Å². The summed E-state index contributed by atoms with van der Waals surface area (Å²) in [5.74, 6) is 0.0557. The fourth-order valence-electron chi connectivity index (χ4n) is 1.06. The third-order valence-electron chi connectivity index (χ3n) is 1.88. The molecule has 1 atom stereocenters. The van der Waals surface area contributed by atoms with Crippen LogP contribution >= 0.6 is 11.3 Å². The van der Waals surface area contributed by atoms with Crippen molar-refractivity contribution in [1.29, 1.82) is 0 Å². The molecule has 7 heteroatoms. The van der Waals surface area contributed by atoms with Gasteiger partial charge in [0.25, 0.3) is 0 Å². The van der Waals surface area contributed by atoms with Crippen LogP contribution in [0, 0.1) is 0 Å². The van der Waals surface area contributed by atoms with Crippen molar-refractivity contribution < 1.29 is 13.5 Å². The van der Waals surface area contributed by atoms with Gasteiger partial charge in [0.1, 0.15) is 14.8 Å². The number of aliphatic hydroxyl groups excluding tert-OH is 1. The molecular weight excluding hydrogens is 236 g/mol. The van der Waals surface area contributed by atoms with E-state index in [1.165, 1.54) is 17.6 Å². The topological polar surface area (TPSA) is 93.3 Å². The molecule has 0 aliphatic heterocycles. The highest BCUT2D eigenvalue weighted by atomic mass is 32.2. The summed E-state index contributed by atoms with van der Waals surface area (Å²) in [5, 5.41) is 11.1. The van der Waals surface area contributed by atoms with Gasteiger partial charge in [0, 0.05) is 17.7 Å². The maximum atomic E-state index is 10.9. The molecule has 1 heterocycles. The molecule has 0 aliphatic rings. The fourth-order valence-corrected chi connectivity index (χ4v) is 2.46. The SMILES string of the molecule is CS(=O)(=O)CCC(N)c1csc(CO)n1. The lowest BCUT2D eigenvalue weighted by molar-refractivity contribution is 0.281. The first kappa shape index (κ1) is 12.6. The zero-order chi connectivity index (χ0) is 11.5. The molecule has 0 fully saturated rings. The maximum absolute atomic E-state index is 10.9. The number of nitrogens with two attached hydrogens (primary N) is 1. The van der Waals surface area contributed by atoms with Crippen LogP contribution in [0.25, 0.3) is 0 Å². The van der Waals surface area contributed by atoms with Gasteiger partial charge in [0.05, 0.1) is 18.1 Å². The lowest BCUT2D eigenvalue weighted by Crippen LogP contribution is -2.16. The summed E-state index contributed by atoms with van der Waals surface area (Å²) in [6, 6.07) is -0.378. The Labute approximate surface area is 92.9 Å². The Bertz CT molecular complexity index is 413. The third kappa shape index (κ3) is 4.25. The Morgan fingerprint density at radius 1 is 1.67 bits per heavy atom. The number of aromatic nitrogens is 1. The Kier molecular flexibility index (Phi) is 4.21. The minimum atomic E-state index is -2.98. The van der Waals surface area contributed by atoms with Crippen LogP contribution in [0.5, 0.6) is 0 Å². The summed E-state index contributed by atoms with van der Waals surface area (Å²) in [7, 11) is -2.98. The molecule has 1 unspecified atom stereocenters. The molecule has 0 radical (unpaired) electrons. The summed E-state index contributed by atoms with van der Waals surface area (Å²) in [6.45, 7) is -0.108. The molecule has 0 spiro atoms. The lowest BCUT2D eigenvalue weighted by atomic mass is 10.2. The van der Waals surface area contributed by atoms with Gasteiger partial charge in [0.15, 0.2) is 0 Å². The van der Waals surface area contributed by atoms with Crippen LogP contribution < -0.4 is 5.73 Å². The highest BCUT2D eigenvalue weighted by Crippen LogP contribution is 2.17. The molecule has 86 valence electrons. The second-order valence-corrected chi connectivity index (χ2v) is 6.55. The van der Waals surface area contributed by atoms with Crippen LogP contribution in [0.1, 0.15) is 23.2 Å². The predicted molar refractivity (Wildman–Crippen MR) is 59.3 cm³/mol. The standard InChI is InChI=1S/C8H14N2O3S2/c1-15(12,13)3-2-6(9)7-5-14-8(4-11)10-7/h5-6,11H,2-4,9H2,1H3. The van der Waals surface area contributed by atoms with Crippen molar-refractivity contribution in [2.75, 3.05) is 12.0 Å². The van der Waals surface area contributed by atoms with Crippen molar-refractivity contribution in [3.8, 4) is 0 Å². The van der Waals surface area contributed by atoms with E-state index in [4.69, 9.17) is 10.8 Å². The van der Waals surface area contributed by atoms with Crippen molar-refractivity contribution in [3.05, 3.63) is 16.1 Å². The maximum Gasteiger partial charge on any atom is 0.147 e. The molecule has 3 N–H and O–H groups in total. The second kappa shape index (κ2) is 5.02. The molecule has 0 amide bonds. The van der Waals surface area contributed by atoms with Crippen molar-refractivity contribution >= 4 is 21.2 Å². The number of nitrogens with zero attached hydrogens (tertiary/aromatic N) is 1. The number of aliphatic hydroxyl groups is 1. The van der Waals surface area contributed by atoms with Gasteiger partial charge in [-0.05, 0) is 6.42 Å². The van der Waals surface area contributed by atoms with Gasteiger partial charge in [-0.1, -0.05) is 0 Å². The number of hydrogen-bond donors (Lipinski definition) is 2. The summed E-state index contributed by atoms with van der Waals surface area (Å²) in [4.78, 5) is 4.08. The molecule has 1 rings (SSSR count). The largest absolute Gasteiger partial charge is 0.389 e. The number of thiazole rings is 1. The van der Waals surface area contributed by atoms with E-state index in [0.717, 1.165) is 0 Å². The van der Waals surface area contributed by atoms with Gasteiger partial charge in [-0.2, -0.15) is 0 Å². The highest BCUT2D eigenvalue weighted by molar-refractivity contribution is 7.90. The van der Waals surface area contributed by atoms with E-state index in [0.29, 0.717) is 17.1 Å². The highest BCUT2D eigenvalue weighted by Gasteiger charge is 2.13. The summed E-state index contributed by atoms with van der Waals surface area (Å²) < 4.78 is 21.8. The van der Waals surface area contributed by atoms with Gasteiger partial charge in [-0.15, -0.1) is 11.3 Å². The predicted octanol–water partition coefficient (Wildman–Crippen LogP) is 0.0699. The molecule has 0 aromatic carbocycles. The third-order valence-corrected chi connectivity index (χ3v) is 3.71. The first-order chi connectivity index (χ1) is 6.92. The Morgan fingerprint density at radius 2 is 2.33 bits per heavy atom. The second-order valence-electron chi connectivity index (χ2n) is 3.35. The Morgan fingerprint density at radius 3 is 2.80 bits per heavy atom. The van der Waals surface area contributed by atoms with Crippen molar-refractivity contribution in [2.45, 2.75) is 19.1 Å². The molecule has 0 saturated carbocycles. The van der Waals surface area contributed by atoms with E-state index in [9.17, 15) is 8.42 Å². The molecule has 15 heavy (non-hydrogen) atoms. The van der Waals surface area contributed by atoms with Crippen molar-refractivity contribution in [1.82, 2.24) is 4.98 Å². The van der Waals surface area contributed by atoms with Crippen LogP contribution in [-0.4, -0.2) is 30.5 Å². The molecule has 1 aromatic heterocycles. The van der Waals surface area contributed by atoms with Crippen LogP contribution in [0.4, 0.5) is 0 Å². The van der Waals surface area contributed by atoms with Crippen LogP contribution in [0.3, 0.4) is 0 Å². The summed E-state index contributed by atoms with van der Waals surface area (Å²) >= 11 is 1.32. The molecular formula is C8H14N2O3S2. The van der Waals surface area contributed by atoms with Gasteiger partial charge in [-0.3, -0.25) is 0 Å². The Hall–Kier alpha value is -0.500. The first-order valence-corrected chi connectivity index (χ1v) is 7.35. The van der Waals surface area contributed by atoms with E-state index in [2.05, 4.69) is 4.98 Å². The molecule has 1 aromatic rings. The van der Waals surface area contributed by atoms with E-state index < -0.39 is 9.84 Å². The zero-order valence-corrected chi connectivity index (χ0v) is 10.0. The zero-order valence-electron chi connectivity index (χ0n) is 8.38. The molecule has 0 bridgehead atoms. The van der Waals surface area contributed by atoms with E-state index in [-0.39, 0.29) is 18.4 Å². The van der Waals surface area contributed by atoms with Crippen LogP contribution in [0.2, 0.25) is 0 Å². The molecule has 5 nitrogen and oxygen atoms in total. The normalized spacial score (nSPS) is 14.1. The smallest absolute Gasteiger partial charge is 0.147 e. The van der Waals surface area contributed by atoms with Gasteiger partial charge in [0.2, 0.25) is 0 Å². The number of hydrogen-bond acceptors (Lipinski definition) is 6. The number of sulfone groups is 1. The monoisotopic (exact) mass is 250 g/mol. The minimum absolute atomic E-state index is 0.0557. The first-order valence-electron chi connectivity index (χ1n) is 4.41. The summed E-state index contributed by atoms with van der Waals surface area (Å²) in [6.07, 6.45) is 1.54. The molecule has 0 saturated heterocycles. The van der Waals surface area contributed by atoms with E-state index in [1.54, 1.807) is 5.38 Å². The Balaban J connectivity index is 2.57. The van der Waals surface area contributed by atoms with E-state index in [1.807, 2.05) is 0 Å². The van der Waals surface area contributed by atoms with Crippen LogP contribution in [0.15, 0.2) is 5.38 Å². The fraction of sp³-hybridized carbons (Fsp3) is 0.625. The van der Waals surface area contributed by atoms with Gasteiger partial charge < -0.3 is 10.8 Å².